The summed E-state index contributed by atoms with van der Waals surface area (Å²) in [4.78, 5) is 16.2. The molecule has 4 atom stereocenters. The fraction of sp³-hybridized carbons (Fsp3) is 0.900. The third-order valence-electron chi connectivity index (χ3n) is 13.2. The van der Waals surface area contributed by atoms with Crippen LogP contribution in [-0.4, -0.2) is 92.2 Å². The molecule has 0 bridgehead atoms. The highest BCUT2D eigenvalue weighted by Gasteiger charge is 2.46. The number of nitrogens with zero attached hydrogens (tertiary/aromatic N) is 2. The van der Waals surface area contributed by atoms with Gasteiger partial charge in [0.05, 0.1) is 25.1 Å². The minimum absolute atomic E-state index is 0.226. The highest BCUT2D eigenvalue weighted by atomic mass is 16.5. The molecule has 1 N–H and O–H groups in total. The van der Waals surface area contributed by atoms with Crippen LogP contribution in [0.25, 0.3) is 0 Å². The van der Waals surface area contributed by atoms with E-state index in [1.54, 1.807) is 20.3 Å². The lowest BCUT2D eigenvalue weighted by Crippen LogP contribution is -2.42. The van der Waals surface area contributed by atoms with Crippen molar-refractivity contribution < 1.29 is 23.4 Å². The minimum atomic E-state index is -0.307. The molecule has 0 aromatic carbocycles. The zero-order chi connectivity index (χ0) is 44.5. The van der Waals surface area contributed by atoms with E-state index in [1.807, 2.05) is 12.1 Å². The van der Waals surface area contributed by atoms with Crippen molar-refractivity contribution in [2.45, 2.75) is 211 Å². The maximum atomic E-state index is 11.0. The number of amides is 1. The number of hydrogen-bond acceptors (Lipinski definition) is 7. The molecule has 4 aliphatic heterocycles. The Morgan fingerprint density at radius 3 is 1.76 bits per heavy atom. The fourth-order valence-electron chi connectivity index (χ4n) is 8.47. The second kappa shape index (κ2) is 30.4. The van der Waals surface area contributed by atoms with E-state index in [1.165, 1.54) is 77.4 Å². The molecule has 4 aliphatic rings. The molecule has 0 saturated carbocycles. The van der Waals surface area contributed by atoms with Crippen molar-refractivity contribution in [2.24, 2.45) is 35.5 Å². The smallest absolute Gasteiger partial charge is 0.407 e. The molecule has 1 aromatic rings. The SMILES string of the molecule is CC(C)C1(C)CCCN1C.CC(C)C12CCCN1CCC2.CC(C)CC1CCCO1.CC(C)Cc1ccco1.CCOC(=O)NC(CC)C(C)C.COC(C)C(C)C. The molecule has 58 heavy (non-hydrogen) atoms. The highest BCUT2D eigenvalue weighted by molar-refractivity contribution is 5.67. The van der Waals surface area contributed by atoms with Crippen LogP contribution in [0.15, 0.2) is 22.8 Å². The van der Waals surface area contributed by atoms with Crippen molar-refractivity contribution in [1.82, 2.24) is 15.1 Å². The predicted octanol–water partition coefficient (Wildman–Crippen LogP) is 12.9. The molecule has 8 heteroatoms. The van der Waals surface area contributed by atoms with Crippen LogP contribution in [-0.2, 0) is 20.6 Å². The molecule has 344 valence electrons. The normalized spacial score (nSPS) is 22.2. The Labute approximate surface area is 361 Å². The third-order valence-corrected chi connectivity index (χ3v) is 13.2. The summed E-state index contributed by atoms with van der Waals surface area (Å²) in [5.74, 6) is 5.34. The van der Waals surface area contributed by atoms with E-state index in [4.69, 9.17) is 18.6 Å². The number of alkyl carbamates (subject to hydrolysis) is 1. The monoisotopic (exact) mass is 822 g/mol. The summed E-state index contributed by atoms with van der Waals surface area (Å²) in [5, 5.41) is 2.81. The standard InChI is InChI=1S/C10H19N.C9H19NO2.C9H19N.C8H16O.C8H12O.C6H14O/c1-9(2)10-5-3-7-11(10)8-4-6-10;1-5-8(7(3)4)10-9(11)12-6-2;1-8(2)9(3)6-5-7-10(9)4;2*1-7(2)6-8-4-3-5-9-8;1-5(2)6(3)7-4/h9H,3-8H2,1-2H3;7-8H,5-6H2,1-4H3,(H,10,11);8H,5-7H2,1-4H3;7-8H,3-6H2,1-2H3;3-5,7H,6H2,1-2H3;5-6H,1-4H3. The summed E-state index contributed by atoms with van der Waals surface area (Å²) in [7, 11) is 3.98. The summed E-state index contributed by atoms with van der Waals surface area (Å²) in [6, 6.07) is 4.17. The quantitative estimate of drug-likeness (QED) is 0.225. The Morgan fingerprint density at radius 1 is 0.845 bits per heavy atom. The van der Waals surface area contributed by atoms with Gasteiger partial charge in [-0.15, -0.1) is 0 Å². The van der Waals surface area contributed by atoms with Crippen LogP contribution in [0, 0.1) is 35.5 Å². The number of furan rings is 1. The number of carbonyl (C=O) groups excluding carboxylic acids is 1. The van der Waals surface area contributed by atoms with E-state index in [9.17, 15) is 4.79 Å². The molecule has 0 radical (unpaired) electrons. The molecule has 8 nitrogen and oxygen atoms in total. The van der Waals surface area contributed by atoms with Gasteiger partial charge in [0.1, 0.15) is 5.76 Å². The first kappa shape index (κ1) is 56.4. The Hall–Kier alpha value is -1.61. The number of hydrogen-bond donors (Lipinski definition) is 1. The molecule has 0 spiro atoms. The van der Waals surface area contributed by atoms with Gasteiger partial charge in [-0.3, -0.25) is 4.90 Å². The van der Waals surface area contributed by atoms with Gasteiger partial charge in [-0.2, -0.15) is 0 Å². The number of fused-ring (bicyclic) bond motifs is 1. The Morgan fingerprint density at radius 2 is 1.45 bits per heavy atom. The van der Waals surface area contributed by atoms with Gasteiger partial charge in [0.25, 0.3) is 0 Å². The Kier molecular flexibility index (Phi) is 29.6. The summed E-state index contributed by atoms with van der Waals surface area (Å²) in [5.41, 5.74) is 1.12. The molecular formula is C50H99N3O5. The molecule has 1 aromatic heterocycles. The second-order valence-electron chi connectivity index (χ2n) is 19.7. The first-order valence-electron chi connectivity index (χ1n) is 23.8. The lowest BCUT2D eigenvalue weighted by molar-refractivity contribution is 0.0805. The van der Waals surface area contributed by atoms with Crippen molar-refractivity contribution in [3.8, 4) is 0 Å². The number of likely N-dealkylation sites (tertiary alicyclic amines) is 1. The molecule has 4 unspecified atom stereocenters. The van der Waals surface area contributed by atoms with Crippen molar-refractivity contribution in [1.29, 1.82) is 0 Å². The van der Waals surface area contributed by atoms with Gasteiger partial charge in [-0.1, -0.05) is 90.0 Å². The fourth-order valence-corrected chi connectivity index (χ4v) is 8.47. The number of methoxy groups -OCH3 is 1. The van der Waals surface area contributed by atoms with Gasteiger partial charge in [0.15, 0.2) is 0 Å². The molecule has 4 fully saturated rings. The van der Waals surface area contributed by atoms with Gasteiger partial charge in [0.2, 0.25) is 0 Å². The lowest BCUT2D eigenvalue weighted by Gasteiger charge is -2.36. The van der Waals surface area contributed by atoms with E-state index >= 15 is 0 Å². The average Bonchev–Trinajstić information content (AvgIpc) is 4.00. The van der Waals surface area contributed by atoms with E-state index in [2.05, 4.69) is 126 Å². The van der Waals surface area contributed by atoms with Crippen LogP contribution < -0.4 is 5.32 Å². The largest absolute Gasteiger partial charge is 0.469 e. The maximum Gasteiger partial charge on any atom is 0.407 e. The number of rotatable bonds is 12. The number of carbonyl (C=O) groups is 1. The second-order valence-corrected chi connectivity index (χ2v) is 19.7. The first-order chi connectivity index (χ1) is 27.2. The number of ether oxygens (including phenoxy) is 3. The van der Waals surface area contributed by atoms with Gasteiger partial charge < -0.3 is 28.8 Å². The van der Waals surface area contributed by atoms with Crippen LogP contribution in [0.3, 0.4) is 0 Å². The van der Waals surface area contributed by atoms with E-state index in [-0.39, 0.29) is 12.1 Å². The lowest BCUT2D eigenvalue weighted by atomic mass is 9.83. The highest BCUT2D eigenvalue weighted by Crippen LogP contribution is 2.43. The van der Waals surface area contributed by atoms with Crippen molar-refractivity contribution in [3.05, 3.63) is 24.2 Å². The first-order valence-corrected chi connectivity index (χ1v) is 23.8. The van der Waals surface area contributed by atoms with Gasteiger partial charge in [-0.25, -0.2) is 4.79 Å². The number of nitrogens with one attached hydrogen (secondary N) is 1. The van der Waals surface area contributed by atoms with Crippen LogP contribution in [0.1, 0.15) is 181 Å². The summed E-state index contributed by atoms with van der Waals surface area (Å²) in [6.07, 6.45) is 16.8. The molecule has 5 heterocycles. The van der Waals surface area contributed by atoms with Crippen LogP contribution in [0.4, 0.5) is 4.79 Å². The molecule has 1 amide bonds. The maximum absolute atomic E-state index is 11.0. The summed E-state index contributed by atoms with van der Waals surface area (Å²) < 4.78 is 20.4. The van der Waals surface area contributed by atoms with Crippen LogP contribution in [0.2, 0.25) is 0 Å². The zero-order valence-corrected chi connectivity index (χ0v) is 41.7. The van der Waals surface area contributed by atoms with Crippen molar-refractivity contribution in [2.75, 3.05) is 47.0 Å². The van der Waals surface area contributed by atoms with Crippen LogP contribution >= 0.6 is 0 Å². The van der Waals surface area contributed by atoms with Crippen LogP contribution in [0.5, 0.6) is 0 Å². The topological polar surface area (TPSA) is 76.4 Å². The Bertz CT molecular complexity index is 1100. The molecule has 0 aliphatic carbocycles. The minimum Gasteiger partial charge on any atom is -0.469 e. The van der Waals surface area contributed by atoms with Gasteiger partial charge >= 0.3 is 6.09 Å². The summed E-state index contributed by atoms with van der Waals surface area (Å²) in [6.45, 7) is 40.5. The molecule has 5 rings (SSSR count). The zero-order valence-electron chi connectivity index (χ0n) is 41.7. The van der Waals surface area contributed by atoms with Crippen molar-refractivity contribution >= 4 is 6.09 Å². The Balaban J connectivity index is 0.000000677. The molecular weight excluding hydrogens is 723 g/mol. The van der Waals surface area contributed by atoms with E-state index < -0.39 is 0 Å². The van der Waals surface area contributed by atoms with E-state index in [0.717, 1.165) is 43.0 Å². The summed E-state index contributed by atoms with van der Waals surface area (Å²) >= 11 is 0. The van der Waals surface area contributed by atoms with Gasteiger partial charge in [-0.05, 0) is 159 Å². The van der Waals surface area contributed by atoms with E-state index in [0.29, 0.717) is 47.6 Å². The average molecular weight is 822 g/mol. The van der Waals surface area contributed by atoms with Crippen molar-refractivity contribution in [3.63, 3.8) is 0 Å². The molecule has 4 saturated heterocycles. The third kappa shape index (κ3) is 21.8. The predicted molar refractivity (Wildman–Crippen MR) is 249 cm³/mol. The van der Waals surface area contributed by atoms with Gasteiger partial charge in [0, 0.05) is 37.3 Å².